The summed E-state index contributed by atoms with van der Waals surface area (Å²) in [6, 6.07) is 8.30. The zero-order valence-corrected chi connectivity index (χ0v) is 9.83. The minimum absolute atomic E-state index is 0.119. The van der Waals surface area contributed by atoms with E-state index in [0.29, 0.717) is 13.2 Å². The summed E-state index contributed by atoms with van der Waals surface area (Å²) in [6.45, 7) is 1.05. The normalized spacial score (nSPS) is 27.7. The Kier molecular flexibility index (Phi) is 2.76. The molecule has 2 aliphatic rings. The van der Waals surface area contributed by atoms with Crippen molar-refractivity contribution in [1.29, 1.82) is 0 Å². The molecule has 0 radical (unpaired) electrons. The minimum atomic E-state index is -0.556. The van der Waals surface area contributed by atoms with Crippen LogP contribution in [0.3, 0.4) is 0 Å². The van der Waals surface area contributed by atoms with Gasteiger partial charge >= 0.3 is 6.03 Å². The Morgan fingerprint density at radius 3 is 2.67 bits per heavy atom. The molecule has 2 heterocycles. The number of carbonyl (C=O) groups is 2. The van der Waals surface area contributed by atoms with Gasteiger partial charge in [-0.05, 0) is 12.0 Å². The number of rotatable bonds is 2. The van der Waals surface area contributed by atoms with Gasteiger partial charge in [0.1, 0.15) is 6.04 Å². The molecule has 1 aromatic rings. The van der Waals surface area contributed by atoms with Gasteiger partial charge in [-0.15, -0.1) is 0 Å². The largest absolute Gasteiger partial charge is 0.379 e. The molecule has 5 heteroatoms. The first-order valence-corrected chi connectivity index (χ1v) is 6.03. The predicted octanol–water partition coefficient (Wildman–Crippen LogP) is 1.07. The molecule has 18 heavy (non-hydrogen) atoms. The van der Waals surface area contributed by atoms with E-state index in [1.54, 1.807) is 0 Å². The Morgan fingerprint density at radius 2 is 2.00 bits per heavy atom. The maximum absolute atomic E-state index is 12.3. The molecule has 2 fully saturated rings. The second kappa shape index (κ2) is 4.42. The van der Waals surface area contributed by atoms with Gasteiger partial charge in [-0.25, -0.2) is 4.79 Å². The molecule has 3 rings (SSSR count). The number of ether oxygens (including phenoxy) is 1. The van der Waals surface area contributed by atoms with Crippen molar-refractivity contribution in [2.24, 2.45) is 0 Å². The summed E-state index contributed by atoms with van der Waals surface area (Å²) in [5.41, 5.74) is 0.817. The molecule has 2 aliphatic heterocycles. The fourth-order valence-corrected chi connectivity index (χ4v) is 2.44. The molecular formula is C13H14N2O3. The topological polar surface area (TPSA) is 58.6 Å². The molecule has 5 nitrogen and oxygen atoms in total. The van der Waals surface area contributed by atoms with Crippen LogP contribution >= 0.6 is 0 Å². The van der Waals surface area contributed by atoms with E-state index in [9.17, 15) is 9.59 Å². The van der Waals surface area contributed by atoms with Crippen molar-refractivity contribution in [2.45, 2.75) is 18.5 Å². The maximum atomic E-state index is 12.3. The molecule has 0 bridgehead atoms. The minimum Gasteiger partial charge on any atom is -0.379 e. The van der Waals surface area contributed by atoms with Crippen molar-refractivity contribution in [3.63, 3.8) is 0 Å². The number of hydrogen-bond acceptors (Lipinski definition) is 3. The number of carbonyl (C=O) groups excluding carboxylic acids is 2. The Labute approximate surface area is 105 Å². The number of urea groups is 1. The summed E-state index contributed by atoms with van der Waals surface area (Å²) < 4.78 is 5.23. The van der Waals surface area contributed by atoms with E-state index in [1.807, 2.05) is 30.3 Å². The van der Waals surface area contributed by atoms with Crippen LogP contribution in [-0.4, -0.2) is 36.1 Å². The molecule has 94 valence electrons. The molecule has 2 saturated heterocycles. The van der Waals surface area contributed by atoms with E-state index >= 15 is 0 Å². The third-order valence-electron chi connectivity index (χ3n) is 3.37. The van der Waals surface area contributed by atoms with Gasteiger partial charge in [-0.2, -0.15) is 0 Å². The smallest absolute Gasteiger partial charge is 0.325 e. The lowest BCUT2D eigenvalue weighted by Gasteiger charge is -2.19. The van der Waals surface area contributed by atoms with E-state index in [1.165, 1.54) is 4.90 Å². The predicted molar refractivity (Wildman–Crippen MR) is 63.8 cm³/mol. The second-order valence-corrected chi connectivity index (χ2v) is 4.52. The van der Waals surface area contributed by atoms with Crippen LogP contribution in [0.4, 0.5) is 4.79 Å². The van der Waals surface area contributed by atoms with Crippen LogP contribution < -0.4 is 5.32 Å². The lowest BCUT2D eigenvalue weighted by molar-refractivity contribution is -0.129. The van der Waals surface area contributed by atoms with Crippen molar-refractivity contribution in [1.82, 2.24) is 10.2 Å². The van der Waals surface area contributed by atoms with Gasteiger partial charge < -0.3 is 10.1 Å². The standard InChI is InChI=1S/C13H14N2O3/c16-12-11(9-4-2-1-3-5-9)14-13(17)15(12)10-6-7-18-8-10/h1-5,10-11H,6-8H2,(H,14,17). The zero-order chi connectivity index (χ0) is 12.5. The highest BCUT2D eigenvalue weighted by atomic mass is 16.5. The third kappa shape index (κ3) is 1.76. The Morgan fingerprint density at radius 1 is 1.22 bits per heavy atom. The molecule has 0 saturated carbocycles. The Hall–Kier alpha value is -1.88. The molecule has 0 aromatic heterocycles. The molecule has 1 aromatic carbocycles. The van der Waals surface area contributed by atoms with E-state index < -0.39 is 6.04 Å². The van der Waals surface area contributed by atoms with Gasteiger partial charge in [-0.3, -0.25) is 9.69 Å². The summed E-state index contributed by atoms with van der Waals surface area (Å²) in [7, 11) is 0. The highest BCUT2D eigenvalue weighted by molar-refractivity contribution is 6.05. The van der Waals surface area contributed by atoms with Crippen molar-refractivity contribution in [3.8, 4) is 0 Å². The van der Waals surface area contributed by atoms with E-state index in [2.05, 4.69) is 5.32 Å². The Balaban J connectivity index is 1.84. The van der Waals surface area contributed by atoms with Crippen molar-refractivity contribution < 1.29 is 14.3 Å². The zero-order valence-electron chi connectivity index (χ0n) is 9.83. The highest BCUT2D eigenvalue weighted by Crippen LogP contribution is 2.25. The number of hydrogen-bond donors (Lipinski definition) is 1. The van der Waals surface area contributed by atoms with Crippen LogP contribution in [0.15, 0.2) is 30.3 Å². The summed E-state index contributed by atoms with van der Waals surface area (Å²) in [4.78, 5) is 25.5. The average Bonchev–Trinajstić information content (AvgIpc) is 2.99. The van der Waals surface area contributed by atoms with E-state index in [4.69, 9.17) is 4.74 Å². The fourth-order valence-electron chi connectivity index (χ4n) is 2.44. The third-order valence-corrected chi connectivity index (χ3v) is 3.37. The number of nitrogens with zero attached hydrogens (tertiary/aromatic N) is 1. The van der Waals surface area contributed by atoms with E-state index in [-0.39, 0.29) is 18.0 Å². The quantitative estimate of drug-likeness (QED) is 0.794. The average molecular weight is 246 g/mol. The molecule has 0 aliphatic carbocycles. The number of benzene rings is 1. The molecule has 2 unspecified atom stereocenters. The highest BCUT2D eigenvalue weighted by Gasteiger charge is 2.43. The van der Waals surface area contributed by atoms with Crippen LogP contribution in [0.5, 0.6) is 0 Å². The summed E-state index contributed by atoms with van der Waals surface area (Å²) in [6.07, 6.45) is 0.723. The lowest BCUT2D eigenvalue weighted by atomic mass is 10.1. The van der Waals surface area contributed by atoms with Gasteiger partial charge in [0.15, 0.2) is 0 Å². The van der Waals surface area contributed by atoms with Gasteiger partial charge in [0, 0.05) is 6.61 Å². The summed E-state index contributed by atoms with van der Waals surface area (Å²) in [5, 5.41) is 2.73. The SMILES string of the molecule is O=C1NC(c2ccccc2)C(=O)N1C1CCOC1. The monoisotopic (exact) mass is 246 g/mol. The summed E-state index contributed by atoms with van der Waals surface area (Å²) in [5.74, 6) is -0.179. The maximum Gasteiger partial charge on any atom is 0.325 e. The van der Waals surface area contributed by atoms with Crippen LogP contribution in [0.2, 0.25) is 0 Å². The number of imide groups is 1. The van der Waals surface area contributed by atoms with Crippen molar-refractivity contribution in [2.75, 3.05) is 13.2 Å². The second-order valence-electron chi connectivity index (χ2n) is 4.52. The fraction of sp³-hybridized carbons (Fsp3) is 0.385. The van der Waals surface area contributed by atoms with Gasteiger partial charge in [0.05, 0.1) is 12.6 Å². The van der Waals surface area contributed by atoms with Gasteiger partial charge in [-0.1, -0.05) is 30.3 Å². The van der Waals surface area contributed by atoms with Crippen LogP contribution in [0.25, 0.3) is 0 Å². The molecule has 2 atom stereocenters. The first kappa shape index (κ1) is 11.2. The van der Waals surface area contributed by atoms with Gasteiger partial charge in [0.2, 0.25) is 0 Å². The molecular weight excluding hydrogens is 232 g/mol. The van der Waals surface area contributed by atoms with Gasteiger partial charge in [0.25, 0.3) is 5.91 Å². The van der Waals surface area contributed by atoms with Crippen LogP contribution in [0.1, 0.15) is 18.0 Å². The van der Waals surface area contributed by atoms with Crippen molar-refractivity contribution >= 4 is 11.9 Å². The first-order chi connectivity index (χ1) is 8.77. The summed E-state index contributed by atoms with van der Waals surface area (Å²) >= 11 is 0. The number of nitrogens with one attached hydrogen (secondary N) is 1. The number of amides is 3. The van der Waals surface area contributed by atoms with Crippen LogP contribution in [0, 0.1) is 0 Å². The molecule has 3 amide bonds. The van der Waals surface area contributed by atoms with E-state index in [0.717, 1.165) is 12.0 Å². The first-order valence-electron chi connectivity index (χ1n) is 6.03. The Bertz CT molecular complexity index is 468. The van der Waals surface area contributed by atoms with Crippen LogP contribution in [-0.2, 0) is 9.53 Å². The lowest BCUT2D eigenvalue weighted by Crippen LogP contribution is -2.40. The van der Waals surface area contributed by atoms with Crippen molar-refractivity contribution in [3.05, 3.63) is 35.9 Å². The molecule has 0 spiro atoms. The molecule has 1 N–H and O–H groups in total.